The molecule has 0 unspecified atom stereocenters. The summed E-state index contributed by atoms with van der Waals surface area (Å²) >= 11 is 0. The summed E-state index contributed by atoms with van der Waals surface area (Å²) in [5, 5.41) is 23.8. The Morgan fingerprint density at radius 2 is 2.31 bits per heavy atom. The van der Waals surface area contributed by atoms with Gasteiger partial charge in [-0.3, -0.25) is 14.8 Å². The first kappa shape index (κ1) is 10.9. The standard InChI is InChI=1S/C9H13N3O4/c1-6-7(12(14)15)8(13)10-11(6)3-9(2)4-16-5-9/h3-5H2,1-2H3,(H,10,13). The summed E-state index contributed by atoms with van der Waals surface area (Å²) in [6.07, 6.45) is 0. The van der Waals surface area contributed by atoms with Crippen LogP contribution in [0.1, 0.15) is 12.6 Å². The molecule has 0 aliphatic carbocycles. The summed E-state index contributed by atoms with van der Waals surface area (Å²) in [6.45, 7) is 5.33. The molecule has 2 heterocycles. The first-order valence-corrected chi connectivity index (χ1v) is 4.91. The van der Waals surface area contributed by atoms with E-state index in [9.17, 15) is 15.2 Å². The van der Waals surface area contributed by atoms with Crippen LogP contribution in [0.15, 0.2) is 0 Å². The smallest absolute Gasteiger partial charge is 0.352 e. The highest BCUT2D eigenvalue weighted by atomic mass is 16.6. The molecule has 1 saturated heterocycles. The van der Waals surface area contributed by atoms with Gasteiger partial charge in [-0.2, -0.15) is 0 Å². The second-order valence-corrected chi connectivity index (χ2v) is 4.48. The van der Waals surface area contributed by atoms with E-state index < -0.39 is 10.8 Å². The van der Waals surface area contributed by atoms with Crippen LogP contribution in [0.25, 0.3) is 0 Å². The summed E-state index contributed by atoms with van der Waals surface area (Å²) < 4.78 is 6.57. The monoisotopic (exact) mass is 227 g/mol. The van der Waals surface area contributed by atoms with Crippen LogP contribution in [0.3, 0.4) is 0 Å². The van der Waals surface area contributed by atoms with E-state index in [0.29, 0.717) is 25.5 Å². The molecule has 1 aromatic rings. The molecule has 1 aliphatic rings. The first-order valence-electron chi connectivity index (χ1n) is 4.91. The van der Waals surface area contributed by atoms with Crippen LogP contribution in [0.5, 0.6) is 5.88 Å². The van der Waals surface area contributed by atoms with Crippen molar-refractivity contribution in [2.75, 3.05) is 13.2 Å². The largest absolute Gasteiger partial charge is 0.487 e. The van der Waals surface area contributed by atoms with Crippen LogP contribution < -0.4 is 0 Å². The number of aromatic hydroxyl groups is 1. The minimum atomic E-state index is -0.617. The van der Waals surface area contributed by atoms with Gasteiger partial charge >= 0.3 is 11.6 Å². The molecule has 1 aromatic heterocycles. The third-order valence-corrected chi connectivity index (χ3v) is 2.77. The molecule has 0 amide bonds. The maximum absolute atomic E-state index is 10.7. The van der Waals surface area contributed by atoms with Gasteiger partial charge in [0.2, 0.25) is 0 Å². The molecule has 0 radical (unpaired) electrons. The number of ether oxygens (including phenoxy) is 1. The molecular formula is C9H13N3O4. The van der Waals surface area contributed by atoms with Gasteiger partial charge in [-0.05, 0) is 6.92 Å². The van der Waals surface area contributed by atoms with E-state index in [0.717, 1.165) is 0 Å². The number of rotatable bonds is 3. The molecule has 16 heavy (non-hydrogen) atoms. The zero-order chi connectivity index (χ0) is 11.9. The van der Waals surface area contributed by atoms with Gasteiger partial charge in [0.25, 0.3) is 0 Å². The van der Waals surface area contributed by atoms with E-state index in [-0.39, 0.29) is 11.1 Å². The Morgan fingerprint density at radius 3 is 2.69 bits per heavy atom. The molecule has 1 N–H and O–H groups in total. The third-order valence-electron chi connectivity index (χ3n) is 2.77. The van der Waals surface area contributed by atoms with Crippen LogP contribution in [0.4, 0.5) is 5.69 Å². The number of nitro groups is 1. The van der Waals surface area contributed by atoms with Crippen molar-refractivity contribution in [1.29, 1.82) is 0 Å². The molecule has 2 rings (SSSR count). The second kappa shape index (κ2) is 3.44. The third kappa shape index (κ3) is 1.63. The molecule has 0 spiro atoms. The Labute approximate surface area is 91.8 Å². The molecule has 0 atom stereocenters. The Bertz CT molecular complexity index is 436. The van der Waals surface area contributed by atoms with Gasteiger partial charge in [0.1, 0.15) is 5.69 Å². The molecule has 0 saturated carbocycles. The lowest BCUT2D eigenvalue weighted by atomic mass is 9.89. The average molecular weight is 227 g/mol. The van der Waals surface area contributed by atoms with E-state index in [2.05, 4.69) is 5.10 Å². The Morgan fingerprint density at radius 1 is 1.69 bits per heavy atom. The molecule has 1 aliphatic heterocycles. The molecule has 0 bridgehead atoms. The lowest BCUT2D eigenvalue weighted by molar-refractivity contribution is -0.386. The molecule has 7 heteroatoms. The van der Waals surface area contributed by atoms with Crippen LogP contribution in [0, 0.1) is 22.5 Å². The Kier molecular flexibility index (Phi) is 2.34. The van der Waals surface area contributed by atoms with Crippen LogP contribution in [-0.4, -0.2) is 33.0 Å². The van der Waals surface area contributed by atoms with E-state index in [4.69, 9.17) is 4.74 Å². The van der Waals surface area contributed by atoms with Crippen LogP contribution in [0.2, 0.25) is 0 Å². The van der Waals surface area contributed by atoms with Crippen molar-refractivity contribution < 1.29 is 14.8 Å². The summed E-state index contributed by atoms with van der Waals surface area (Å²) in [4.78, 5) is 10.1. The molecule has 7 nitrogen and oxygen atoms in total. The van der Waals surface area contributed by atoms with Gasteiger partial charge < -0.3 is 9.84 Å². The maximum Gasteiger partial charge on any atom is 0.352 e. The van der Waals surface area contributed by atoms with Gasteiger partial charge in [0, 0.05) is 5.41 Å². The SMILES string of the molecule is Cc1c([N+](=O)[O-])c(O)nn1CC1(C)COC1. The summed E-state index contributed by atoms with van der Waals surface area (Å²) in [5.74, 6) is -0.522. The van der Waals surface area contributed by atoms with Crippen molar-refractivity contribution in [3.05, 3.63) is 15.8 Å². The number of nitrogens with zero attached hydrogens (tertiary/aromatic N) is 3. The fourth-order valence-electron chi connectivity index (χ4n) is 1.79. The van der Waals surface area contributed by atoms with Crippen molar-refractivity contribution in [3.8, 4) is 5.88 Å². The quantitative estimate of drug-likeness (QED) is 0.610. The van der Waals surface area contributed by atoms with Gasteiger partial charge in [-0.25, -0.2) is 0 Å². The zero-order valence-corrected chi connectivity index (χ0v) is 9.13. The lowest BCUT2D eigenvalue weighted by Crippen LogP contribution is -2.43. The first-order chi connectivity index (χ1) is 7.43. The highest BCUT2D eigenvalue weighted by Crippen LogP contribution is 2.33. The fraction of sp³-hybridized carbons (Fsp3) is 0.667. The van der Waals surface area contributed by atoms with Gasteiger partial charge in [0.15, 0.2) is 0 Å². The Balaban J connectivity index is 2.28. The normalized spacial score (nSPS) is 18.1. The van der Waals surface area contributed by atoms with Crippen molar-refractivity contribution in [1.82, 2.24) is 9.78 Å². The number of hydrogen-bond acceptors (Lipinski definition) is 5. The van der Waals surface area contributed by atoms with Crippen LogP contribution in [-0.2, 0) is 11.3 Å². The molecular weight excluding hydrogens is 214 g/mol. The predicted octanol–water partition coefficient (Wildman–Crippen LogP) is 0.842. The van der Waals surface area contributed by atoms with E-state index in [1.165, 1.54) is 4.68 Å². The van der Waals surface area contributed by atoms with Crippen LogP contribution >= 0.6 is 0 Å². The summed E-state index contributed by atoms with van der Waals surface area (Å²) in [7, 11) is 0. The summed E-state index contributed by atoms with van der Waals surface area (Å²) in [5.41, 5.74) is 0.0105. The predicted molar refractivity (Wildman–Crippen MR) is 54.2 cm³/mol. The van der Waals surface area contributed by atoms with Crippen molar-refractivity contribution in [2.45, 2.75) is 20.4 Å². The second-order valence-electron chi connectivity index (χ2n) is 4.48. The minimum Gasteiger partial charge on any atom is -0.487 e. The van der Waals surface area contributed by atoms with Gasteiger partial charge in [-0.1, -0.05) is 6.92 Å². The van der Waals surface area contributed by atoms with Crippen molar-refractivity contribution >= 4 is 5.69 Å². The van der Waals surface area contributed by atoms with E-state index in [1.807, 2.05) is 6.92 Å². The average Bonchev–Trinajstić information content (AvgIpc) is 2.39. The van der Waals surface area contributed by atoms with Crippen molar-refractivity contribution in [3.63, 3.8) is 0 Å². The maximum atomic E-state index is 10.7. The van der Waals surface area contributed by atoms with E-state index in [1.54, 1.807) is 6.92 Å². The highest BCUT2D eigenvalue weighted by molar-refractivity contribution is 5.44. The Hall–Kier alpha value is -1.63. The molecule has 1 fully saturated rings. The van der Waals surface area contributed by atoms with Gasteiger partial charge in [-0.15, -0.1) is 5.10 Å². The number of aromatic nitrogens is 2. The lowest BCUT2D eigenvalue weighted by Gasteiger charge is -2.37. The van der Waals surface area contributed by atoms with Gasteiger partial charge in [0.05, 0.1) is 24.7 Å². The molecule has 0 aromatic carbocycles. The van der Waals surface area contributed by atoms with Crippen molar-refractivity contribution in [2.24, 2.45) is 5.41 Å². The van der Waals surface area contributed by atoms with E-state index >= 15 is 0 Å². The minimum absolute atomic E-state index is 0.0446. The zero-order valence-electron chi connectivity index (χ0n) is 9.13. The summed E-state index contributed by atoms with van der Waals surface area (Å²) in [6, 6.07) is 0. The number of hydrogen-bond donors (Lipinski definition) is 1. The molecule has 88 valence electrons. The topological polar surface area (TPSA) is 90.4 Å². The fourth-order valence-corrected chi connectivity index (χ4v) is 1.79. The highest BCUT2D eigenvalue weighted by Gasteiger charge is 2.36.